The van der Waals surface area contributed by atoms with Gasteiger partial charge in [-0.05, 0) is 0 Å². The number of carbonyl (C=O) groups is 1. The lowest BCUT2D eigenvalue weighted by atomic mass is 10.2. The molecule has 0 saturated carbocycles. The fraction of sp³-hybridized carbons (Fsp3) is 0.500. The highest BCUT2D eigenvalue weighted by Gasteiger charge is 2.30. The lowest BCUT2D eigenvalue weighted by molar-refractivity contribution is -0.137. The van der Waals surface area contributed by atoms with Gasteiger partial charge in [0.05, 0.1) is 13.1 Å². The van der Waals surface area contributed by atoms with Crippen molar-refractivity contribution in [2.45, 2.75) is 13.0 Å². The lowest BCUT2D eigenvalue weighted by Crippen LogP contribution is -2.55. The minimum atomic E-state index is 0.110. The SMILES string of the molecule is CC(=O)N1CC(Oc2nccs2)C1. The average molecular weight is 198 g/mol. The van der Waals surface area contributed by atoms with Gasteiger partial charge in [0, 0.05) is 18.5 Å². The van der Waals surface area contributed by atoms with Crippen molar-refractivity contribution in [1.29, 1.82) is 0 Å². The van der Waals surface area contributed by atoms with Crippen molar-refractivity contribution in [3.8, 4) is 5.19 Å². The maximum Gasteiger partial charge on any atom is 0.273 e. The molecule has 1 aromatic rings. The van der Waals surface area contributed by atoms with E-state index in [-0.39, 0.29) is 12.0 Å². The van der Waals surface area contributed by atoms with Gasteiger partial charge >= 0.3 is 0 Å². The predicted molar refractivity (Wildman–Crippen MR) is 48.8 cm³/mol. The first kappa shape index (κ1) is 8.50. The number of likely N-dealkylation sites (tertiary alicyclic amines) is 1. The average Bonchev–Trinajstić information content (AvgIpc) is 2.46. The van der Waals surface area contributed by atoms with Crippen LogP contribution >= 0.6 is 11.3 Å². The molecule has 13 heavy (non-hydrogen) atoms. The van der Waals surface area contributed by atoms with Crippen LogP contribution < -0.4 is 4.74 Å². The third-order valence-electron chi connectivity index (χ3n) is 1.97. The number of aromatic nitrogens is 1. The van der Waals surface area contributed by atoms with Gasteiger partial charge in [-0.3, -0.25) is 4.79 Å². The number of nitrogens with zero attached hydrogens (tertiary/aromatic N) is 2. The number of amides is 1. The number of ether oxygens (including phenoxy) is 1. The summed E-state index contributed by atoms with van der Waals surface area (Å²) < 4.78 is 5.48. The molecule has 1 saturated heterocycles. The number of hydrogen-bond donors (Lipinski definition) is 0. The molecule has 1 fully saturated rings. The highest BCUT2D eigenvalue weighted by Crippen LogP contribution is 2.19. The van der Waals surface area contributed by atoms with Crippen molar-refractivity contribution in [2.24, 2.45) is 0 Å². The van der Waals surface area contributed by atoms with E-state index in [0.717, 1.165) is 0 Å². The maximum absolute atomic E-state index is 10.8. The zero-order chi connectivity index (χ0) is 9.26. The van der Waals surface area contributed by atoms with Crippen LogP contribution in [0, 0.1) is 0 Å². The molecule has 4 nitrogen and oxygen atoms in total. The Kier molecular flexibility index (Phi) is 2.18. The van der Waals surface area contributed by atoms with E-state index in [2.05, 4.69) is 4.98 Å². The minimum Gasteiger partial charge on any atom is -0.463 e. The molecule has 0 aliphatic carbocycles. The molecule has 1 aliphatic rings. The Labute approximate surface area is 80.1 Å². The van der Waals surface area contributed by atoms with Crippen molar-refractivity contribution in [2.75, 3.05) is 13.1 Å². The molecule has 70 valence electrons. The first-order valence-corrected chi connectivity index (χ1v) is 4.95. The third kappa shape index (κ3) is 1.80. The van der Waals surface area contributed by atoms with E-state index in [0.29, 0.717) is 18.3 Å². The van der Waals surface area contributed by atoms with Crippen LogP contribution in [0.15, 0.2) is 11.6 Å². The van der Waals surface area contributed by atoms with E-state index >= 15 is 0 Å². The van der Waals surface area contributed by atoms with Gasteiger partial charge in [-0.1, -0.05) is 11.3 Å². The van der Waals surface area contributed by atoms with E-state index in [1.165, 1.54) is 11.3 Å². The summed E-state index contributed by atoms with van der Waals surface area (Å²) in [5, 5.41) is 2.56. The number of thiazole rings is 1. The minimum absolute atomic E-state index is 0.110. The number of carbonyl (C=O) groups excluding carboxylic acids is 1. The summed E-state index contributed by atoms with van der Waals surface area (Å²) in [4.78, 5) is 16.6. The van der Waals surface area contributed by atoms with E-state index in [1.807, 2.05) is 5.38 Å². The zero-order valence-corrected chi connectivity index (χ0v) is 8.08. The molecule has 1 aromatic heterocycles. The van der Waals surface area contributed by atoms with Gasteiger partial charge in [0.2, 0.25) is 5.91 Å². The summed E-state index contributed by atoms with van der Waals surface area (Å²) in [6.07, 6.45) is 1.84. The number of hydrogen-bond acceptors (Lipinski definition) is 4. The first-order valence-electron chi connectivity index (χ1n) is 4.07. The fourth-order valence-electron chi connectivity index (χ4n) is 1.18. The largest absolute Gasteiger partial charge is 0.463 e. The predicted octanol–water partition coefficient (Wildman–Crippen LogP) is 0.753. The van der Waals surface area contributed by atoms with Gasteiger partial charge < -0.3 is 9.64 Å². The lowest BCUT2D eigenvalue weighted by Gasteiger charge is -2.37. The summed E-state index contributed by atoms with van der Waals surface area (Å²) in [5.41, 5.74) is 0. The number of rotatable bonds is 2. The molecular formula is C8H10N2O2S. The topological polar surface area (TPSA) is 42.4 Å². The fourth-order valence-corrected chi connectivity index (χ4v) is 1.73. The van der Waals surface area contributed by atoms with Crippen LogP contribution in [0.4, 0.5) is 0 Å². The van der Waals surface area contributed by atoms with E-state index in [9.17, 15) is 4.79 Å². The molecule has 0 bridgehead atoms. The van der Waals surface area contributed by atoms with Crippen molar-refractivity contribution in [3.63, 3.8) is 0 Å². The van der Waals surface area contributed by atoms with E-state index < -0.39 is 0 Å². The van der Waals surface area contributed by atoms with E-state index in [1.54, 1.807) is 18.0 Å². The maximum atomic E-state index is 10.8. The Hall–Kier alpha value is -1.10. The summed E-state index contributed by atoms with van der Waals surface area (Å²) in [5.74, 6) is 0.110. The quantitative estimate of drug-likeness (QED) is 0.704. The molecule has 2 rings (SSSR count). The van der Waals surface area contributed by atoms with Crippen molar-refractivity contribution in [3.05, 3.63) is 11.6 Å². The van der Waals surface area contributed by atoms with Gasteiger partial charge in [-0.2, -0.15) is 0 Å². The smallest absolute Gasteiger partial charge is 0.273 e. The van der Waals surface area contributed by atoms with E-state index in [4.69, 9.17) is 4.74 Å². The molecule has 0 spiro atoms. The van der Waals surface area contributed by atoms with Gasteiger partial charge in [0.15, 0.2) is 0 Å². The normalized spacial score (nSPS) is 16.8. The molecule has 0 radical (unpaired) electrons. The molecule has 1 aliphatic heterocycles. The first-order chi connectivity index (χ1) is 6.25. The van der Waals surface area contributed by atoms with Crippen molar-refractivity contribution < 1.29 is 9.53 Å². The van der Waals surface area contributed by atoms with Crippen molar-refractivity contribution >= 4 is 17.2 Å². The van der Waals surface area contributed by atoms with Gasteiger partial charge in [-0.15, -0.1) is 0 Å². The Balaban J connectivity index is 1.79. The summed E-state index contributed by atoms with van der Waals surface area (Å²) in [6, 6.07) is 0. The monoisotopic (exact) mass is 198 g/mol. The molecule has 5 heteroatoms. The van der Waals surface area contributed by atoms with Crippen LogP contribution in [0.25, 0.3) is 0 Å². The second-order valence-corrected chi connectivity index (χ2v) is 3.82. The molecule has 1 amide bonds. The highest BCUT2D eigenvalue weighted by atomic mass is 32.1. The van der Waals surface area contributed by atoms with Gasteiger partial charge in [0.25, 0.3) is 5.19 Å². The third-order valence-corrected chi connectivity index (χ3v) is 2.63. The second kappa shape index (κ2) is 3.33. The van der Waals surface area contributed by atoms with Crippen LogP contribution in [0.5, 0.6) is 5.19 Å². The Morgan fingerprint density at radius 3 is 3.08 bits per heavy atom. The van der Waals surface area contributed by atoms with Crippen molar-refractivity contribution in [1.82, 2.24) is 9.88 Å². The van der Waals surface area contributed by atoms with Crippen LogP contribution in [0.3, 0.4) is 0 Å². The van der Waals surface area contributed by atoms with Gasteiger partial charge in [0.1, 0.15) is 6.10 Å². The highest BCUT2D eigenvalue weighted by molar-refractivity contribution is 7.11. The molecule has 0 atom stereocenters. The molecule has 2 heterocycles. The second-order valence-electron chi connectivity index (χ2n) is 2.96. The molecular weight excluding hydrogens is 188 g/mol. The molecule has 0 unspecified atom stereocenters. The van der Waals surface area contributed by atoms with Crippen LogP contribution in [0.2, 0.25) is 0 Å². The standard InChI is InChI=1S/C8H10N2O2S/c1-6(11)10-4-7(5-10)12-8-9-2-3-13-8/h2-3,7H,4-5H2,1H3. The summed E-state index contributed by atoms with van der Waals surface area (Å²) >= 11 is 1.47. The van der Waals surface area contributed by atoms with Crippen LogP contribution in [-0.4, -0.2) is 35.0 Å². The van der Waals surface area contributed by atoms with Crippen LogP contribution in [-0.2, 0) is 4.79 Å². The zero-order valence-electron chi connectivity index (χ0n) is 7.27. The molecule has 0 aromatic carbocycles. The Morgan fingerprint density at radius 1 is 1.77 bits per heavy atom. The molecule has 0 N–H and O–H groups in total. The summed E-state index contributed by atoms with van der Waals surface area (Å²) in [7, 11) is 0. The summed E-state index contributed by atoms with van der Waals surface area (Å²) in [6.45, 7) is 2.95. The Bertz CT molecular complexity index is 293. The van der Waals surface area contributed by atoms with Crippen LogP contribution in [0.1, 0.15) is 6.92 Å². The van der Waals surface area contributed by atoms with Gasteiger partial charge in [-0.25, -0.2) is 4.98 Å². The Morgan fingerprint density at radius 2 is 2.54 bits per heavy atom.